The third kappa shape index (κ3) is 3.25. The Bertz CT molecular complexity index is 626. The minimum Gasteiger partial charge on any atom is -0.390 e. The van der Waals surface area contributed by atoms with Crippen LogP contribution in [0.1, 0.15) is 24.8 Å². The molecule has 3 aliphatic rings. The maximum atomic E-state index is 12.5. The van der Waals surface area contributed by atoms with E-state index in [1.807, 2.05) is 17.2 Å². The number of aliphatic hydroxyl groups excluding tert-OH is 1. The number of rotatable bonds is 3. The van der Waals surface area contributed by atoms with Crippen LogP contribution in [0, 0.1) is 12.8 Å². The van der Waals surface area contributed by atoms with Crippen molar-refractivity contribution in [3.63, 3.8) is 0 Å². The second kappa shape index (κ2) is 6.92. The molecular formula is C19H28N4O2. The number of aryl methyl sites for hydroxylation is 1. The summed E-state index contributed by atoms with van der Waals surface area (Å²) in [7, 11) is 0. The summed E-state index contributed by atoms with van der Waals surface area (Å²) in [4.78, 5) is 23.5. The molecule has 0 bridgehead atoms. The Hall–Kier alpha value is -1.66. The van der Waals surface area contributed by atoms with Crippen molar-refractivity contribution in [2.24, 2.45) is 5.92 Å². The Morgan fingerprint density at radius 2 is 1.96 bits per heavy atom. The number of anilines is 1. The smallest absolute Gasteiger partial charge is 0.225 e. The van der Waals surface area contributed by atoms with Crippen LogP contribution in [0.3, 0.4) is 0 Å². The number of pyridine rings is 1. The molecule has 0 unspecified atom stereocenters. The predicted molar refractivity (Wildman–Crippen MR) is 96.5 cm³/mol. The molecule has 6 nitrogen and oxygen atoms in total. The lowest BCUT2D eigenvalue weighted by atomic mass is 9.84. The SMILES string of the molecule is Cc1cccnc1N1CCN([C@H]2CN(C(=O)C3CCC3)C[C@@H]2O)CC1. The van der Waals surface area contributed by atoms with E-state index < -0.39 is 6.10 Å². The molecule has 0 spiro atoms. The molecule has 25 heavy (non-hydrogen) atoms. The Balaban J connectivity index is 1.34. The Morgan fingerprint density at radius 1 is 1.20 bits per heavy atom. The van der Waals surface area contributed by atoms with Crippen molar-refractivity contribution in [3.8, 4) is 0 Å². The van der Waals surface area contributed by atoms with E-state index in [9.17, 15) is 9.90 Å². The standard InChI is InChI=1S/C19H28N4O2/c1-14-4-3-7-20-18(14)22-10-8-21(9-11-22)16-12-23(13-17(16)24)19(25)15-5-2-6-15/h3-4,7,15-17,24H,2,5-6,8-13H2,1H3/t16-,17-/m0/s1. The number of nitrogens with zero attached hydrogens (tertiary/aromatic N) is 4. The number of β-amino-alcohol motifs (C(OH)–C–C–N with tert-alkyl or cyclic N) is 1. The van der Waals surface area contributed by atoms with Crippen LogP contribution in [0.2, 0.25) is 0 Å². The van der Waals surface area contributed by atoms with E-state index in [0.29, 0.717) is 13.1 Å². The highest BCUT2D eigenvalue weighted by Gasteiger charge is 2.41. The average molecular weight is 344 g/mol. The Labute approximate surface area is 149 Å². The molecule has 4 rings (SSSR count). The van der Waals surface area contributed by atoms with Gasteiger partial charge in [0, 0.05) is 51.4 Å². The van der Waals surface area contributed by atoms with Gasteiger partial charge in [0.05, 0.1) is 12.1 Å². The molecule has 6 heteroatoms. The summed E-state index contributed by atoms with van der Waals surface area (Å²) in [6.45, 7) is 6.92. The fourth-order valence-electron chi connectivity index (χ4n) is 4.30. The quantitative estimate of drug-likeness (QED) is 0.882. The van der Waals surface area contributed by atoms with E-state index in [2.05, 4.69) is 27.8 Å². The third-order valence-electron chi connectivity index (χ3n) is 6.09. The van der Waals surface area contributed by atoms with Gasteiger partial charge in [-0.2, -0.15) is 0 Å². The fourth-order valence-corrected chi connectivity index (χ4v) is 4.30. The summed E-state index contributed by atoms with van der Waals surface area (Å²) in [5.74, 6) is 1.54. The van der Waals surface area contributed by atoms with Crippen molar-refractivity contribution in [2.45, 2.75) is 38.3 Å². The number of piperazine rings is 1. The van der Waals surface area contributed by atoms with Crippen LogP contribution in [-0.2, 0) is 4.79 Å². The highest BCUT2D eigenvalue weighted by molar-refractivity contribution is 5.80. The van der Waals surface area contributed by atoms with Gasteiger partial charge in [-0.3, -0.25) is 9.69 Å². The third-order valence-corrected chi connectivity index (χ3v) is 6.09. The topological polar surface area (TPSA) is 59.9 Å². The summed E-state index contributed by atoms with van der Waals surface area (Å²) in [5, 5.41) is 10.5. The summed E-state index contributed by atoms with van der Waals surface area (Å²) in [6.07, 6.45) is 4.65. The molecule has 1 aliphatic carbocycles. The molecule has 1 aromatic rings. The maximum absolute atomic E-state index is 12.5. The van der Waals surface area contributed by atoms with Gasteiger partial charge in [0.15, 0.2) is 0 Å². The minimum atomic E-state index is -0.424. The minimum absolute atomic E-state index is 0.0796. The lowest BCUT2D eigenvalue weighted by Crippen LogP contribution is -2.54. The van der Waals surface area contributed by atoms with Gasteiger partial charge in [-0.25, -0.2) is 4.98 Å². The van der Waals surface area contributed by atoms with Crippen LogP contribution >= 0.6 is 0 Å². The second-order valence-corrected chi connectivity index (χ2v) is 7.67. The lowest BCUT2D eigenvalue weighted by Gasteiger charge is -2.39. The van der Waals surface area contributed by atoms with E-state index >= 15 is 0 Å². The van der Waals surface area contributed by atoms with Crippen LogP contribution in [0.4, 0.5) is 5.82 Å². The van der Waals surface area contributed by atoms with Gasteiger partial charge in [0.25, 0.3) is 0 Å². The predicted octanol–water partition coefficient (Wildman–Crippen LogP) is 0.884. The molecule has 0 aromatic carbocycles. The molecule has 1 amide bonds. The summed E-state index contributed by atoms with van der Waals surface area (Å²) < 4.78 is 0. The summed E-state index contributed by atoms with van der Waals surface area (Å²) in [6, 6.07) is 4.15. The van der Waals surface area contributed by atoms with Gasteiger partial charge in [0.2, 0.25) is 5.91 Å². The van der Waals surface area contributed by atoms with Crippen molar-refractivity contribution in [2.75, 3.05) is 44.2 Å². The van der Waals surface area contributed by atoms with Gasteiger partial charge >= 0.3 is 0 Å². The number of hydrogen-bond acceptors (Lipinski definition) is 5. The number of carbonyl (C=O) groups excluding carboxylic acids is 1. The normalized spacial score (nSPS) is 28.2. The monoisotopic (exact) mass is 344 g/mol. The van der Waals surface area contributed by atoms with Gasteiger partial charge in [-0.15, -0.1) is 0 Å². The van der Waals surface area contributed by atoms with Gasteiger partial charge < -0.3 is 14.9 Å². The first-order valence-electron chi connectivity index (χ1n) is 9.51. The molecule has 2 aliphatic heterocycles. The van der Waals surface area contributed by atoms with Gasteiger partial charge in [-0.1, -0.05) is 12.5 Å². The van der Waals surface area contributed by atoms with E-state index in [-0.39, 0.29) is 17.9 Å². The van der Waals surface area contributed by atoms with Crippen molar-refractivity contribution in [3.05, 3.63) is 23.9 Å². The molecule has 2 saturated heterocycles. The van der Waals surface area contributed by atoms with Crippen molar-refractivity contribution < 1.29 is 9.90 Å². The van der Waals surface area contributed by atoms with E-state index in [4.69, 9.17) is 0 Å². The van der Waals surface area contributed by atoms with Gasteiger partial charge in [-0.05, 0) is 31.4 Å². The van der Waals surface area contributed by atoms with E-state index in [0.717, 1.165) is 44.8 Å². The molecule has 1 N–H and O–H groups in total. The molecule has 2 atom stereocenters. The second-order valence-electron chi connectivity index (χ2n) is 7.67. The zero-order valence-corrected chi connectivity index (χ0v) is 15.0. The van der Waals surface area contributed by atoms with Crippen LogP contribution < -0.4 is 4.90 Å². The highest BCUT2D eigenvalue weighted by Crippen LogP contribution is 2.30. The molecule has 136 valence electrons. The molecule has 1 aromatic heterocycles. The molecule has 0 radical (unpaired) electrons. The summed E-state index contributed by atoms with van der Waals surface area (Å²) >= 11 is 0. The zero-order chi connectivity index (χ0) is 17.4. The van der Waals surface area contributed by atoms with Crippen LogP contribution in [0.5, 0.6) is 0 Å². The molecule has 1 saturated carbocycles. The number of aromatic nitrogens is 1. The number of carbonyl (C=O) groups is 1. The highest BCUT2D eigenvalue weighted by atomic mass is 16.3. The number of hydrogen-bond donors (Lipinski definition) is 1. The molecular weight excluding hydrogens is 316 g/mol. The van der Waals surface area contributed by atoms with E-state index in [1.54, 1.807) is 0 Å². The molecule has 3 fully saturated rings. The lowest BCUT2D eigenvalue weighted by molar-refractivity contribution is -0.137. The van der Waals surface area contributed by atoms with E-state index in [1.165, 1.54) is 12.0 Å². The first-order valence-corrected chi connectivity index (χ1v) is 9.51. The van der Waals surface area contributed by atoms with Gasteiger partial charge in [0.1, 0.15) is 5.82 Å². The first kappa shape index (κ1) is 16.8. The summed E-state index contributed by atoms with van der Waals surface area (Å²) in [5.41, 5.74) is 1.20. The number of likely N-dealkylation sites (tertiary alicyclic amines) is 1. The van der Waals surface area contributed by atoms with Crippen LogP contribution in [-0.4, -0.2) is 77.2 Å². The zero-order valence-electron chi connectivity index (χ0n) is 15.0. The fraction of sp³-hybridized carbons (Fsp3) is 0.684. The van der Waals surface area contributed by atoms with Crippen LogP contribution in [0.25, 0.3) is 0 Å². The average Bonchev–Trinajstić information content (AvgIpc) is 2.96. The van der Waals surface area contributed by atoms with Crippen LogP contribution in [0.15, 0.2) is 18.3 Å². The molecule has 3 heterocycles. The number of amides is 1. The number of aliphatic hydroxyl groups is 1. The van der Waals surface area contributed by atoms with Crippen molar-refractivity contribution in [1.29, 1.82) is 0 Å². The maximum Gasteiger partial charge on any atom is 0.225 e. The van der Waals surface area contributed by atoms with Crippen molar-refractivity contribution >= 4 is 11.7 Å². The van der Waals surface area contributed by atoms with Crippen molar-refractivity contribution in [1.82, 2.24) is 14.8 Å². The largest absolute Gasteiger partial charge is 0.390 e. The Morgan fingerprint density at radius 3 is 2.60 bits per heavy atom. The Kier molecular flexibility index (Phi) is 4.65. The first-order chi connectivity index (χ1) is 12.1.